The first-order valence-corrected chi connectivity index (χ1v) is 15.5. The maximum absolute atomic E-state index is 14.2. The van der Waals surface area contributed by atoms with E-state index in [-0.39, 0.29) is 69.1 Å². The number of likely N-dealkylation sites (tertiary alicyclic amines) is 1. The molecule has 0 aliphatic carbocycles. The summed E-state index contributed by atoms with van der Waals surface area (Å²) in [5, 5.41) is 36.1. The van der Waals surface area contributed by atoms with Crippen LogP contribution in [0.2, 0.25) is 0 Å². The Labute approximate surface area is 269 Å². The van der Waals surface area contributed by atoms with Crippen molar-refractivity contribution in [3.63, 3.8) is 0 Å². The monoisotopic (exact) mass is 653 g/mol. The van der Waals surface area contributed by atoms with Crippen molar-refractivity contribution in [1.82, 2.24) is 25.3 Å². The number of halogens is 1. The number of aromatic carboxylic acids is 1. The van der Waals surface area contributed by atoms with Crippen LogP contribution in [0.3, 0.4) is 0 Å². The van der Waals surface area contributed by atoms with Gasteiger partial charge < -0.3 is 40.5 Å². The fourth-order valence-electron chi connectivity index (χ4n) is 6.80. The Kier molecular flexibility index (Phi) is 9.23. The Hall–Kier alpha value is -4.44. The maximum atomic E-state index is 14.2. The highest BCUT2D eigenvalue weighted by Gasteiger charge is 2.47. The first-order valence-electron chi connectivity index (χ1n) is 15.5. The molecule has 6 bridgehead atoms. The van der Waals surface area contributed by atoms with E-state index in [9.17, 15) is 43.7 Å². The summed E-state index contributed by atoms with van der Waals surface area (Å²) < 4.78 is 19.4. The Balaban J connectivity index is 1.29. The molecule has 7 atom stereocenters. The molecule has 5 N–H and O–H groups in total. The molecule has 250 valence electrons. The minimum atomic E-state index is -1.39. The SMILES string of the molecule is O=C1C[C@@H]2O[C@H](CNC(=O)[C@@H]3CN(CCN3C(=O)c3ccc(F)cc3)C(=O)[C@@H]3C[C@@H](CN3Cc3ccc(C(=O)O)cc3)N1)[C@@H](O)[C@H]2O. The second-order valence-electron chi connectivity index (χ2n) is 12.4. The Morgan fingerprint density at radius 1 is 0.894 bits per heavy atom. The van der Waals surface area contributed by atoms with Gasteiger partial charge in [-0.25, -0.2) is 9.18 Å². The lowest BCUT2D eigenvalue weighted by molar-refractivity contribution is -0.141. The second kappa shape index (κ2) is 13.4. The number of fused-ring (bicyclic) bond motifs is 6. The lowest BCUT2D eigenvalue weighted by atomic mass is 10.0. The Bertz CT molecular complexity index is 1540. The topological polar surface area (TPSA) is 189 Å². The van der Waals surface area contributed by atoms with Gasteiger partial charge in [0.05, 0.1) is 30.7 Å². The number of rotatable bonds is 4. The summed E-state index contributed by atoms with van der Waals surface area (Å²) in [6, 6.07) is 8.89. The van der Waals surface area contributed by atoms with Crippen molar-refractivity contribution in [2.24, 2.45) is 0 Å². The molecule has 2 aromatic rings. The second-order valence-corrected chi connectivity index (χ2v) is 12.4. The number of hydrogen-bond acceptors (Lipinski definition) is 9. The van der Waals surface area contributed by atoms with Gasteiger partial charge in [-0.2, -0.15) is 0 Å². The normalized spacial score (nSPS) is 30.2. The van der Waals surface area contributed by atoms with Crippen LogP contribution in [0.15, 0.2) is 48.5 Å². The summed E-state index contributed by atoms with van der Waals surface area (Å²) in [5.74, 6) is -3.45. The summed E-state index contributed by atoms with van der Waals surface area (Å²) >= 11 is 0. The quantitative estimate of drug-likeness (QED) is 0.272. The number of aliphatic hydroxyl groups excluding tert-OH is 2. The van der Waals surface area contributed by atoms with Gasteiger partial charge in [0, 0.05) is 44.3 Å². The van der Waals surface area contributed by atoms with E-state index in [4.69, 9.17) is 4.74 Å². The molecule has 4 fully saturated rings. The highest BCUT2D eigenvalue weighted by atomic mass is 19.1. The van der Waals surface area contributed by atoms with Gasteiger partial charge in [0.1, 0.15) is 30.2 Å². The molecule has 4 heterocycles. The fourth-order valence-corrected chi connectivity index (χ4v) is 6.80. The van der Waals surface area contributed by atoms with E-state index in [0.29, 0.717) is 0 Å². The molecule has 47 heavy (non-hydrogen) atoms. The summed E-state index contributed by atoms with van der Waals surface area (Å²) in [4.78, 5) is 70.4. The molecule has 14 nitrogen and oxygen atoms in total. The minimum absolute atomic E-state index is 0.00686. The highest BCUT2D eigenvalue weighted by molar-refractivity contribution is 5.98. The lowest BCUT2D eigenvalue weighted by Crippen LogP contribution is -2.63. The lowest BCUT2D eigenvalue weighted by Gasteiger charge is -2.42. The molecule has 2 aromatic carbocycles. The van der Waals surface area contributed by atoms with Crippen LogP contribution in [0.5, 0.6) is 0 Å². The number of carbonyl (C=O) groups is 5. The third-order valence-electron chi connectivity index (χ3n) is 9.31. The number of carboxylic acid groups (broad SMARTS) is 1. The minimum Gasteiger partial charge on any atom is -0.478 e. The largest absolute Gasteiger partial charge is 0.478 e. The van der Waals surface area contributed by atoms with Crippen molar-refractivity contribution in [2.45, 2.75) is 61.9 Å². The van der Waals surface area contributed by atoms with Crippen molar-refractivity contribution in [3.8, 4) is 0 Å². The number of aliphatic hydroxyl groups is 2. The molecule has 4 aliphatic rings. The van der Waals surface area contributed by atoms with Crippen molar-refractivity contribution in [3.05, 3.63) is 71.0 Å². The molecule has 4 aliphatic heterocycles. The van der Waals surface area contributed by atoms with Gasteiger partial charge in [0.2, 0.25) is 17.7 Å². The first-order chi connectivity index (χ1) is 22.5. The standard InChI is InChI=1S/C32H36FN5O9/c33-20-7-5-18(6-8-20)30(43)38-10-9-36-16-23(38)29(42)34-13-25-28(41)27(40)24(47-25)12-26(39)35-21-11-22(31(36)44)37(15-21)14-17-1-3-19(4-2-17)32(45)46/h1-8,21-25,27-28,40-41H,9-16H2,(H,34,42)(H,35,39)(H,45,46)/t21-,22-,23-,24-,25+,27-,28+/m0/s1. The third-order valence-corrected chi connectivity index (χ3v) is 9.31. The van der Waals surface area contributed by atoms with E-state index in [2.05, 4.69) is 10.6 Å². The Morgan fingerprint density at radius 3 is 2.28 bits per heavy atom. The van der Waals surface area contributed by atoms with Crippen molar-refractivity contribution < 1.29 is 48.4 Å². The number of carboxylic acids is 1. The van der Waals surface area contributed by atoms with Crippen LogP contribution in [0.25, 0.3) is 0 Å². The molecule has 0 saturated carbocycles. The first kappa shape index (κ1) is 32.5. The molecule has 0 spiro atoms. The zero-order chi connectivity index (χ0) is 33.4. The number of benzene rings is 2. The van der Waals surface area contributed by atoms with Gasteiger partial charge in [0.15, 0.2) is 0 Å². The third kappa shape index (κ3) is 6.83. The number of nitrogens with one attached hydrogen (secondary N) is 2. The molecule has 4 saturated heterocycles. The van der Waals surface area contributed by atoms with Crippen molar-refractivity contribution in [1.29, 1.82) is 0 Å². The number of ether oxygens (including phenoxy) is 1. The van der Waals surface area contributed by atoms with Crippen molar-refractivity contribution >= 4 is 29.6 Å². The number of piperazine rings is 1. The average molecular weight is 654 g/mol. The van der Waals surface area contributed by atoms with Crippen LogP contribution < -0.4 is 10.6 Å². The van der Waals surface area contributed by atoms with Gasteiger partial charge in [0.25, 0.3) is 5.91 Å². The fraction of sp³-hybridized carbons (Fsp3) is 0.469. The molecular formula is C32H36FN5O9. The van der Waals surface area contributed by atoms with Gasteiger partial charge >= 0.3 is 5.97 Å². The maximum Gasteiger partial charge on any atom is 0.335 e. The number of amides is 4. The highest BCUT2D eigenvalue weighted by Crippen LogP contribution is 2.27. The van der Waals surface area contributed by atoms with Crippen LogP contribution >= 0.6 is 0 Å². The van der Waals surface area contributed by atoms with Crippen LogP contribution in [0.1, 0.15) is 39.1 Å². The predicted octanol–water partition coefficient (Wildman–Crippen LogP) is -1.05. The van der Waals surface area contributed by atoms with Crippen LogP contribution in [0, 0.1) is 5.82 Å². The van der Waals surface area contributed by atoms with E-state index in [1.54, 1.807) is 12.1 Å². The van der Waals surface area contributed by atoms with Crippen LogP contribution in [-0.4, -0.2) is 135 Å². The number of nitrogens with zero attached hydrogens (tertiary/aromatic N) is 3. The molecule has 0 unspecified atom stereocenters. The Morgan fingerprint density at radius 2 is 1.57 bits per heavy atom. The molecule has 0 aromatic heterocycles. The van der Waals surface area contributed by atoms with Crippen LogP contribution in [0.4, 0.5) is 4.39 Å². The molecule has 15 heteroatoms. The summed E-state index contributed by atoms with van der Waals surface area (Å²) in [6.07, 6.45) is -4.86. The molecule has 4 amide bonds. The summed E-state index contributed by atoms with van der Waals surface area (Å²) in [7, 11) is 0. The van der Waals surface area contributed by atoms with E-state index >= 15 is 0 Å². The summed E-state index contributed by atoms with van der Waals surface area (Å²) in [5.41, 5.74) is 1.03. The smallest absolute Gasteiger partial charge is 0.335 e. The predicted molar refractivity (Wildman–Crippen MR) is 160 cm³/mol. The van der Waals surface area contributed by atoms with Crippen LogP contribution in [-0.2, 0) is 25.7 Å². The van der Waals surface area contributed by atoms with Crippen molar-refractivity contribution in [2.75, 3.05) is 32.7 Å². The molecular weight excluding hydrogens is 617 g/mol. The van der Waals surface area contributed by atoms with Gasteiger partial charge in [-0.3, -0.25) is 24.1 Å². The van der Waals surface area contributed by atoms with Gasteiger partial charge in [-0.05, 0) is 48.4 Å². The van der Waals surface area contributed by atoms with E-state index in [1.165, 1.54) is 34.1 Å². The molecule has 6 rings (SSSR count). The zero-order valence-corrected chi connectivity index (χ0v) is 25.3. The van der Waals surface area contributed by atoms with Gasteiger partial charge in [-0.1, -0.05) is 12.1 Å². The van der Waals surface area contributed by atoms with E-state index in [1.807, 2.05) is 4.90 Å². The number of hydrogen-bond donors (Lipinski definition) is 5. The number of carbonyl (C=O) groups excluding carboxylic acids is 4. The summed E-state index contributed by atoms with van der Waals surface area (Å²) in [6.45, 7) is 0.308. The zero-order valence-electron chi connectivity index (χ0n) is 25.3. The van der Waals surface area contributed by atoms with Gasteiger partial charge in [-0.15, -0.1) is 0 Å². The van der Waals surface area contributed by atoms with E-state index < -0.39 is 72.0 Å². The van der Waals surface area contributed by atoms with E-state index in [0.717, 1.165) is 17.7 Å². The average Bonchev–Trinajstić information content (AvgIpc) is 3.57. The molecule has 0 radical (unpaired) electrons.